The summed E-state index contributed by atoms with van der Waals surface area (Å²) in [7, 11) is 0. The minimum atomic E-state index is -0.409. The highest BCUT2D eigenvalue weighted by atomic mass is 32.1. The molecule has 1 N–H and O–H groups in total. The van der Waals surface area contributed by atoms with Crippen LogP contribution in [-0.2, 0) is 22.4 Å². The minimum absolute atomic E-state index is 0.271. The van der Waals surface area contributed by atoms with E-state index in [1.807, 2.05) is 38.1 Å². The Bertz CT molecular complexity index is 825. The second-order valence-corrected chi connectivity index (χ2v) is 8.16. The standard InChI is InChI=1S/C21H25NO3S/c1-4-15-7-8-18-16(10-15)11-19(26-18)21(24)25-12-20(23)22-17-9-13(2)5-6-14(17)3/h5-6,9,11,15H,4,7-8,10,12H2,1-3H3,(H,22,23)/t15-/m1/s1. The maximum atomic E-state index is 12.3. The number of benzene rings is 1. The molecule has 0 bridgehead atoms. The summed E-state index contributed by atoms with van der Waals surface area (Å²) in [5.41, 5.74) is 4.08. The number of aryl methyl sites for hydroxylation is 3. The van der Waals surface area contributed by atoms with Crippen molar-refractivity contribution >= 4 is 28.9 Å². The first kappa shape index (κ1) is 18.6. The number of carbonyl (C=O) groups is 2. The van der Waals surface area contributed by atoms with E-state index in [0.717, 1.165) is 29.7 Å². The number of ether oxygens (including phenoxy) is 1. The van der Waals surface area contributed by atoms with Crippen LogP contribution in [0.1, 0.15) is 51.0 Å². The van der Waals surface area contributed by atoms with Crippen LogP contribution in [-0.4, -0.2) is 18.5 Å². The number of thiophene rings is 1. The van der Waals surface area contributed by atoms with Crippen LogP contribution >= 0.6 is 11.3 Å². The quantitative estimate of drug-likeness (QED) is 0.777. The third-order valence-electron chi connectivity index (χ3n) is 4.96. The Morgan fingerprint density at radius 2 is 2.08 bits per heavy atom. The summed E-state index contributed by atoms with van der Waals surface area (Å²) >= 11 is 1.51. The third kappa shape index (κ3) is 4.33. The first-order chi connectivity index (χ1) is 12.5. The van der Waals surface area contributed by atoms with E-state index in [9.17, 15) is 9.59 Å². The van der Waals surface area contributed by atoms with Crippen molar-refractivity contribution in [2.45, 2.75) is 46.5 Å². The molecule has 4 nitrogen and oxygen atoms in total. The summed E-state index contributed by atoms with van der Waals surface area (Å²) in [6, 6.07) is 7.81. The molecule has 5 heteroatoms. The van der Waals surface area contributed by atoms with E-state index in [1.165, 1.54) is 34.6 Å². The topological polar surface area (TPSA) is 55.4 Å². The van der Waals surface area contributed by atoms with Crippen molar-refractivity contribution in [3.8, 4) is 0 Å². The van der Waals surface area contributed by atoms with E-state index >= 15 is 0 Å². The predicted octanol–water partition coefficient (Wildman–Crippen LogP) is 4.68. The van der Waals surface area contributed by atoms with Gasteiger partial charge < -0.3 is 10.1 Å². The number of carbonyl (C=O) groups excluding carboxylic acids is 2. The van der Waals surface area contributed by atoms with Crippen LogP contribution in [0.2, 0.25) is 0 Å². The lowest BCUT2D eigenvalue weighted by atomic mass is 9.87. The van der Waals surface area contributed by atoms with Crippen LogP contribution in [0.25, 0.3) is 0 Å². The molecular weight excluding hydrogens is 346 g/mol. The van der Waals surface area contributed by atoms with Gasteiger partial charge in [0, 0.05) is 10.6 Å². The molecule has 2 aromatic rings. The van der Waals surface area contributed by atoms with E-state index < -0.39 is 5.97 Å². The number of amides is 1. The van der Waals surface area contributed by atoms with Gasteiger partial charge in [-0.15, -0.1) is 11.3 Å². The van der Waals surface area contributed by atoms with Crippen LogP contribution in [0.3, 0.4) is 0 Å². The molecule has 0 unspecified atom stereocenters. The molecule has 1 atom stereocenters. The Morgan fingerprint density at radius 1 is 1.27 bits per heavy atom. The fourth-order valence-electron chi connectivity index (χ4n) is 3.31. The zero-order valence-corrected chi connectivity index (χ0v) is 16.4. The summed E-state index contributed by atoms with van der Waals surface area (Å²) in [6.45, 7) is 5.84. The van der Waals surface area contributed by atoms with Crippen molar-refractivity contribution < 1.29 is 14.3 Å². The van der Waals surface area contributed by atoms with Gasteiger partial charge in [-0.05, 0) is 67.9 Å². The number of esters is 1. The van der Waals surface area contributed by atoms with Crippen molar-refractivity contribution in [3.05, 3.63) is 50.7 Å². The average molecular weight is 372 g/mol. The Hall–Kier alpha value is -2.14. The van der Waals surface area contributed by atoms with Crippen LogP contribution in [0.5, 0.6) is 0 Å². The zero-order valence-electron chi connectivity index (χ0n) is 15.6. The normalized spacial score (nSPS) is 16.0. The Kier molecular flexibility index (Phi) is 5.77. The third-order valence-corrected chi connectivity index (χ3v) is 6.18. The Labute approximate surface area is 158 Å². The van der Waals surface area contributed by atoms with Gasteiger partial charge >= 0.3 is 5.97 Å². The van der Waals surface area contributed by atoms with Crippen LogP contribution in [0.4, 0.5) is 5.69 Å². The van der Waals surface area contributed by atoms with Gasteiger partial charge in [0.2, 0.25) is 0 Å². The molecular formula is C21H25NO3S. The Morgan fingerprint density at radius 3 is 2.85 bits per heavy atom. The molecule has 0 aliphatic heterocycles. The molecule has 1 heterocycles. The lowest BCUT2D eigenvalue weighted by Crippen LogP contribution is -2.21. The molecule has 138 valence electrons. The zero-order chi connectivity index (χ0) is 18.7. The molecule has 0 radical (unpaired) electrons. The maximum Gasteiger partial charge on any atom is 0.348 e. The van der Waals surface area contributed by atoms with E-state index in [4.69, 9.17) is 4.74 Å². The van der Waals surface area contributed by atoms with E-state index in [-0.39, 0.29) is 12.5 Å². The van der Waals surface area contributed by atoms with E-state index in [2.05, 4.69) is 12.2 Å². The number of rotatable bonds is 5. The van der Waals surface area contributed by atoms with Gasteiger partial charge in [-0.25, -0.2) is 4.79 Å². The van der Waals surface area contributed by atoms with E-state index in [0.29, 0.717) is 10.8 Å². The molecule has 1 aromatic carbocycles. The first-order valence-electron chi connectivity index (χ1n) is 9.12. The van der Waals surface area contributed by atoms with Crippen molar-refractivity contribution in [3.63, 3.8) is 0 Å². The van der Waals surface area contributed by atoms with Crippen LogP contribution in [0, 0.1) is 19.8 Å². The fraction of sp³-hybridized carbons (Fsp3) is 0.429. The van der Waals surface area contributed by atoms with Gasteiger partial charge in [-0.3, -0.25) is 4.79 Å². The van der Waals surface area contributed by atoms with Gasteiger partial charge in [0.05, 0.1) is 0 Å². The van der Waals surface area contributed by atoms with Gasteiger partial charge in [0.15, 0.2) is 6.61 Å². The maximum absolute atomic E-state index is 12.3. The largest absolute Gasteiger partial charge is 0.451 e. The molecule has 3 rings (SSSR count). The highest BCUT2D eigenvalue weighted by Crippen LogP contribution is 2.33. The second kappa shape index (κ2) is 8.04. The predicted molar refractivity (Wildman–Crippen MR) is 105 cm³/mol. The summed E-state index contributed by atoms with van der Waals surface area (Å²) < 4.78 is 5.22. The molecule has 1 aliphatic carbocycles. The highest BCUT2D eigenvalue weighted by Gasteiger charge is 2.23. The molecule has 1 aromatic heterocycles. The second-order valence-electron chi connectivity index (χ2n) is 7.02. The summed E-state index contributed by atoms with van der Waals surface area (Å²) in [4.78, 5) is 26.3. The number of hydrogen-bond acceptors (Lipinski definition) is 4. The average Bonchev–Trinajstić information content (AvgIpc) is 3.06. The lowest BCUT2D eigenvalue weighted by Gasteiger charge is -2.19. The van der Waals surface area contributed by atoms with Gasteiger partial charge in [0.1, 0.15) is 4.88 Å². The van der Waals surface area contributed by atoms with Gasteiger partial charge in [0.25, 0.3) is 5.91 Å². The smallest absolute Gasteiger partial charge is 0.348 e. The lowest BCUT2D eigenvalue weighted by molar-refractivity contribution is -0.119. The molecule has 26 heavy (non-hydrogen) atoms. The van der Waals surface area contributed by atoms with Gasteiger partial charge in [-0.2, -0.15) is 0 Å². The molecule has 1 aliphatic rings. The highest BCUT2D eigenvalue weighted by molar-refractivity contribution is 7.14. The molecule has 0 spiro atoms. The molecule has 1 amide bonds. The fourth-order valence-corrected chi connectivity index (χ4v) is 4.41. The van der Waals surface area contributed by atoms with Crippen molar-refractivity contribution in [2.24, 2.45) is 5.92 Å². The van der Waals surface area contributed by atoms with E-state index in [1.54, 1.807) is 0 Å². The molecule has 0 fully saturated rings. The first-order valence-corrected chi connectivity index (χ1v) is 9.93. The monoisotopic (exact) mass is 371 g/mol. The Balaban J connectivity index is 1.56. The SMILES string of the molecule is CC[C@@H]1CCc2sc(C(=O)OCC(=O)Nc3cc(C)ccc3C)cc2C1. The van der Waals surface area contributed by atoms with Crippen molar-refractivity contribution in [1.82, 2.24) is 0 Å². The van der Waals surface area contributed by atoms with Crippen LogP contribution < -0.4 is 5.32 Å². The molecule has 0 saturated heterocycles. The number of anilines is 1. The molecule has 0 saturated carbocycles. The summed E-state index contributed by atoms with van der Waals surface area (Å²) in [5.74, 6) is -0.0164. The number of nitrogens with one attached hydrogen (secondary N) is 1. The minimum Gasteiger partial charge on any atom is -0.451 e. The van der Waals surface area contributed by atoms with Crippen LogP contribution in [0.15, 0.2) is 24.3 Å². The van der Waals surface area contributed by atoms with Gasteiger partial charge in [-0.1, -0.05) is 25.5 Å². The van der Waals surface area contributed by atoms with Crippen molar-refractivity contribution in [2.75, 3.05) is 11.9 Å². The number of hydrogen-bond donors (Lipinski definition) is 1. The van der Waals surface area contributed by atoms with Crippen molar-refractivity contribution in [1.29, 1.82) is 0 Å². The number of fused-ring (bicyclic) bond motifs is 1. The summed E-state index contributed by atoms with van der Waals surface area (Å²) in [6.07, 6.45) is 4.45. The summed E-state index contributed by atoms with van der Waals surface area (Å²) in [5, 5.41) is 2.81.